The number of nitrogens with one attached hydrogen (secondary N) is 1. The second kappa shape index (κ2) is 7.87. The number of hydrogen-bond acceptors (Lipinski definition) is 3. The van der Waals surface area contributed by atoms with Crippen molar-refractivity contribution in [3.63, 3.8) is 0 Å². The Morgan fingerprint density at radius 1 is 1.08 bits per heavy atom. The average molecular weight is 377 g/mol. The molecule has 142 valence electrons. The molecule has 2 atom stereocenters. The van der Waals surface area contributed by atoms with E-state index in [-0.39, 0.29) is 6.54 Å². The lowest BCUT2D eigenvalue weighted by atomic mass is 9.84. The van der Waals surface area contributed by atoms with E-state index in [9.17, 15) is 9.90 Å². The molecule has 0 aromatic heterocycles. The highest BCUT2D eigenvalue weighted by Gasteiger charge is 2.38. The zero-order chi connectivity index (χ0) is 18.1. The molecule has 26 heavy (non-hydrogen) atoms. The molecule has 5 heteroatoms. The molecule has 0 heterocycles. The SMILES string of the molecule is O=C(O)CN(CC1CC1)C1CC(NC2CCC(c3ccc(Cl)cc3)C2)C1. The van der Waals surface area contributed by atoms with Gasteiger partial charge in [0.1, 0.15) is 0 Å². The van der Waals surface area contributed by atoms with Crippen LogP contribution in [0.5, 0.6) is 0 Å². The van der Waals surface area contributed by atoms with Crippen molar-refractivity contribution in [1.29, 1.82) is 0 Å². The molecule has 0 saturated heterocycles. The van der Waals surface area contributed by atoms with Crippen molar-refractivity contribution in [1.82, 2.24) is 10.2 Å². The van der Waals surface area contributed by atoms with Crippen LogP contribution < -0.4 is 5.32 Å². The summed E-state index contributed by atoms with van der Waals surface area (Å²) in [6.45, 7) is 1.18. The predicted molar refractivity (Wildman–Crippen MR) is 104 cm³/mol. The normalized spacial score (nSPS) is 31.2. The Kier molecular flexibility index (Phi) is 5.53. The summed E-state index contributed by atoms with van der Waals surface area (Å²) < 4.78 is 0. The van der Waals surface area contributed by atoms with E-state index >= 15 is 0 Å². The minimum Gasteiger partial charge on any atom is -0.480 e. The van der Waals surface area contributed by atoms with Crippen molar-refractivity contribution in [3.05, 3.63) is 34.9 Å². The molecular formula is C21H29ClN2O2. The van der Waals surface area contributed by atoms with Crippen molar-refractivity contribution in [2.75, 3.05) is 13.1 Å². The largest absolute Gasteiger partial charge is 0.480 e. The van der Waals surface area contributed by atoms with Crippen LogP contribution in [0.15, 0.2) is 24.3 Å². The van der Waals surface area contributed by atoms with E-state index < -0.39 is 5.97 Å². The Bertz CT molecular complexity index is 625. The molecular weight excluding hydrogens is 348 g/mol. The number of carboxylic acids is 1. The molecule has 3 saturated carbocycles. The van der Waals surface area contributed by atoms with Crippen molar-refractivity contribution in [2.24, 2.45) is 5.92 Å². The molecule has 1 aromatic rings. The van der Waals surface area contributed by atoms with Crippen molar-refractivity contribution >= 4 is 17.6 Å². The highest BCUT2D eigenvalue weighted by molar-refractivity contribution is 6.30. The predicted octanol–water partition coefficient (Wildman–Crippen LogP) is 3.89. The molecule has 0 radical (unpaired) electrons. The summed E-state index contributed by atoms with van der Waals surface area (Å²) in [4.78, 5) is 13.4. The molecule has 2 N–H and O–H groups in total. The summed E-state index contributed by atoms with van der Waals surface area (Å²) in [5, 5.41) is 13.8. The van der Waals surface area contributed by atoms with Crippen LogP contribution in [-0.4, -0.2) is 47.2 Å². The number of benzene rings is 1. The standard InChI is InChI=1S/C21H29ClN2O2/c22-17-6-3-15(4-7-17)16-5-8-18(9-16)23-19-10-20(11-19)24(13-21(25)26)12-14-1-2-14/h3-4,6-7,14,16,18-20,23H,1-2,5,8-13H2,(H,25,26). The van der Waals surface area contributed by atoms with Crippen LogP contribution in [0, 0.1) is 5.92 Å². The van der Waals surface area contributed by atoms with Gasteiger partial charge in [0.2, 0.25) is 0 Å². The number of nitrogens with zero attached hydrogens (tertiary/aromatic N) is 1. The summed E-state index contributed by atoms with van der Waals surface area (Å²) in [5.74, 6) is 0.694. The van der Waals surface area contributed by atoms with Crippen LogP contribution in [0.3, 0.4) is 0 Å². The molecule has 4 nitrogen and oxygen atoms in total. The topological polar surface area (TPSA) is 52.6 Å². The molecule has 3 aliphatic carbocycles. The van der Waals surface area contributed by atoms with Crippen LogP contribution in [0.1, 0.15) is 56.4 Å². The minimum absolute atomic E-state index is 0.204. The quantitative estimate of drug-likeness (QED) is 0.722. The zero-order valence-corrected chi connectivity index (χ0v) is 16.0. The lowest BCUT2D eigenvalue weighted by Crippen LogP contribution is -2.55. The summed E-state index contributed by atoms with van der Waals surface area (Å²) in [7, 11) is 0. The molecule has 2 unspecified atom stereocenters. The monoisotopic (exact) mass is 376 g/mol. The van der Waals surface area contributed by atoms with Gasteiger partial charge < -0.3 is 10.4 Å². The first-order chi connectivity index (χ1) is 12.6. The molecule has 0 spiro atoms. The highest BCUT2D eigenvalue weighted by Crippen LogP contribution is 2.37. The van der Waals surface area contributed by atoms with E-state index in [1.807, 2.05) is 12.1 Å². The summed E-state index contributed by atoms with van der Waals surface area (Å²) >= 11 is 6.00. The Labute approximate surface area is 160 Å². The van der Waals surface area contributed by atoms with E-state index in [0.717, 1.165) is 30.3 Å². The molecule has 4 rings (SSSR count). The fourth-order valence-electron chi connectivity index (χ4n) is 4.67. The lowest BCUT2D eigenvalue weighted by molar-refractivity contribution is -0.139. The van der Waals surface area contributed by atoms with E-state index in [4.69, 9.17) is 11.6 Å². The maximum atomic E-state index is 11.1. The van der Waals surface area contributed by atoms with Crippen LogP contribution in [0.4, 0.5) is 0 Å². The zero-order valence-electron chi connectivity index (χ0n) is 15.2. The third-order valence-corrected chi connectivity index (χ3v) is 6.65. The number of rotatable bonds is 8. The van der Waals surface area contributed by atoms with E-state index in [1.54, 1.807) is 0 Å². The molecule has 1 aromatic carbocycles. The van der Waals surface area contributed by atoms with Gasteiger partial charge in [0, 0.05) is 29.7 Å². The first-order valence-electron chi connectivity index (χ1n) is 10.0. The number of hydrogen-bond donors (Lipinski definition) is 2. The Morgan fingerprint density at radius 2 is 1.81 bits per heavy atom. The van der Waals surface area contributed by atoms with Gasteiger partial charge in [-0.3, -0.25) is 9.69 Å². The maximum absolute atomic E-state index is 11.1. The van der Waals surface area contributed by atoms with Gasteiger partial charge in [-0.2, -0.15) is 0 Å². The van der Waals surface area contributed by atoms with Gasteiger partial charge >= 0.3 is 5.97 Å². The van der Waals surface area contributed by atoms with Gasteiger partial charge in [-0.25, -0.2) is 0 Å². The molecule has 3 fully saturated rings. The summed E-state index contributed by atoms with van der Waals surface area (Å²) in [6.07, 6.45) is 8.42. The van der Waals surface area contributed by atoms with Gasteiger partial charge in [-0.15, -0.1) is 0 Å². The minimum atomic E-state index is -0.691. The van der Waals surface area contributed by atoms with Crippen molar-refractivity contribution < 1.29 is 9.90 Å². The lowest BCUT2D eigenvalue weighted by Gasteiger charge is -2.44. The molecule has 0 amide bonds. The third-order valence-electron chi connectivity index (χ3n) is 6.40. The van der Waals surface area contributed by atoms with Gasteiger partial charge in [0.15, 0.2) is 0 Å². The maximum Gasteiger partial charge on any atom is 0.317 e. The fraction of sp³-hybridized carbons (Fsp3) is 0.667. The number of carbonyl (C=O) groups is 1. The molecule has 0 bridgehead atoms. The van der Waals surface area contributed by atoms with Gasteiger partial charge in [-0.05, 0) is 74.5 Å². The Morgan fingerprint density at radius 3 is 2.46 bits per heavy atom. The van der Waals surface area contributed by atoms with Gasteiger partial charge in [0.05, 0.1) is 6.54 Å². The van der Waals surface area contributed by atoms with Crippen molar-refractivity contribution in [2.45, 2.75) is 69.0 Å². The van der Waals surface area contributed by atoms with Crippen molar-refractivity contribution in [3.8, 4) is 0 Å². The van der Waals surface area contributed by atoms with Gasteiger partial charge in [0.25, 0.3) is 0 Å². The van der Waals surface area contributed by atoms with E-state index in [1.165, 1.54) is 37.7 Å². The Balaban J connectivity index is 1.22. The molecule has 3 aliphatic rings. The fourth-order valence-corrected chi connectivity index (χ4v) is 4.80. The van der Waals surface area contributed by atoms with Crippen LogP contribution in [-0.2, 0) is 4.79 Å². The second-order valence-corrected chi connectivity index (χ2v) is 8.95. The average Bonchev–Trinajstić information content (AvgIpc) is 3.25. The van der Waals surface area contributed by atoms with Crippen LogP contribution >= 0.6 is 11.6 Å². The van der Waals surface area contributed by atoms with Crippen LogP contribution in [0.25, 0.3) is 0 Å². The van der Waals surface area contributed by atoms with Gasteiger partial charge in [-0.1, -0.05) is 23.7 Å². The molecule has 0 aliphatic heterocycles. The first-order valence-corrected chi connectivity index (χ1v) is 10.4. The third kappa shape index (κ3) is 4.59. The van der Waals surface area contributed by atoms with E-state index in [0.29, 0.717) is 24.0 Å². The highest BCUT2D eigenvalue weighted by atomic mass is 35.5. The number of halogens is 1. The number of aliphatic carboxylic acids is 1. The first kappa shape index (κ1) is 18.3. The number of carboxylic acid groups (broad SMARTS) is 1. The Hall–Kier alpha value is -1.10. The summed E-state index contributed by atoms with van der Waals surface area (Å²) in [5.41, 5.74) is 1.40. The van der Waals surface area contributed by atoms with E-state index in [2.05, 4.69) is 22.3 Å². The van der Waals surface area contributed by atoms with Crippen LogP contribution in [0.2, 0.25) is 5.02 Å². The summed E-state index contributed by atoms with van der Waals surface area (Å²) in [6, 6.07) is 9.92. The smallest absolute Gasteiger partial charge is 0.317 e. The second-order valence-electron chi connectivity index (χ2n) is 8.51.